The Kier molecular flexibility index (Phi) is 4.12. The fourth-order valence-electron chi connectivity index (χ4n) is 2.23. The van der Waals surface area contributed by atoms with Crippen molar-refractivity contribution in [1.29, 1.82) is 0 Å². The Morgan fingerprint density at radius 2 is 1.57 bits per heavy atom. The molecule has 7 heteroatoms. The molecule has 0 radical (unpaired) electrons. The van der Waals surface area contributed by atoms with Crippen molar-refractivity contribution in [1.82, 2.24) is 14.8 Å². The van der Waals surface area contributed by atoms with Gasteiger partial charge in [0, 0.05) is 5.56 Å². The molecule has 3 nitrogen and oxygen atoms in total. The molecule has 3 aromatic rings. The van der Waals surface area contributed by atoms with Crippen molar-refractivity contribution in [3.63, 3.8) is 0 Å². The van der Waals surface area contributed by atoms with Gasteiger partial charge < -0.3 is 0 Å². The number of aromatic nitrogens is 3. The molecule has 1 aromatic heterocycles. The molecule has 0 atom stereocenters. The molecule has 0 spiro atoms. The van der Waals surface area contributed by atoms with Crippen LogP contribution in [0.1, 0.15) is 11.1 Å². The number of benzene rings is 2. The summed E-state index contributed by atoms with van der Waals surface area (Å²) < 4.78 is 39.7. The first-order valence-electron chi connectivity index (χ1n) is 6.79. The predicted molar refractivity (Wildman–Crippen MR) is 83.3 cm³/mol. The molecule has 1 heterocycles. The molecule has 0 saturated heterocycles. The highest BCUT2D eigenvalue weighted by Gasteiger charge is 2.30. The standard InChI is InChI=1S/C16H12F3N3S/c17-16(18,19)13-8-6-12(7-9-13)14-20-21-15(23)22(14)10-11-4-2-1-3-5-11/h1-9H,10H2,(H,21,23). The Bertz CT molecular complexity index is 796. The first-order chi connectivity index (χ1) is 10.9. The normalized spacial score (nSPS) is 11.7. The number of alkyl halides is 3. The largest absolute Gasteiger partial charge is 0.416 e. The first-order valence-corrected chi connectivity index (χ1v) is 7.23. The van der Waals surface area contributed by atoms with Gasteiger partial charge in [-0.15, -0.1) is 22.8 Å². The van der Waals surface area contributed by atoms with Crippen molar-refractivity contribution in [3.05, 3.63) is 65.7 Å². The van der Waals surface area contributed by atoms with Gasteiger partial charge in [0.15, 0.2) is 11.0 Å². The number of nitrogens with zero attached hydrogens (tertiary/aromatic N) is 3. The van der Waals surface area contributed by atoms with E-state index in [1.54, 1.807) is 4.57 Å². The molecule has 0 aliphatic rings. The molecule has 0 amide bonds. The van der Waals surface area contributed by atoms with Crippen LogP contribution in [0.4, 0.5) is 13.2 Å². The quantitative estimate of drug-likeness (QED) is 0.724. The molecule has 118 valence electrons. The van der Waals surface area contributed by atoms with Crippen molar-refractivity contribution < 1.29 is 13.2 Å². The van der Waals surface area contributed by atoms with E-state index in [4.69, 9.17) is 0 Å². The van der Waals surface area contributed by atoms with Gasteiger partial charge in [0.2, 0.25) is 0 Å². The smallest absolute Gasteiger partial charge is 0.298 e. The molecule has 0 aliphatic heterocycles. The van der Waals surface area contributed by atoms with Gasteiger partial charge in [0.1, 0.15) is 0 Å². The monoisotopic (exact) mass is 335 g/mol. The highest BCUT2D eigenvalue weighted by Crippen LogP contribution is 2.31. The molecule has 0 saturated carbocycles. The van der Waals surface area contributed by atoms with E-state index in [1.165, 1.54) is 12.1 Å². The van der Waals surface area contributed by atoms with Crippen LogP contribution >= 0.6 is 12.6 Å². The Hall–Kier alpha value is -2.28. The van der Waals surface area contributed by atoms with Gasteiger partial charge in [-0.25, -0.2) is 0 Å². The average molecular weight is 335 g/mol. The van der Waals surface area contributed by atoms with E-state index in [2.05, 4.69) is 22.8 Å². The molecule has 0 fully saturated rings. The minimum atomic E-state index is -4.36. The summed E-state index contributed by atoms with van der Waals surface area (Å²) >= 11 is 4.27. The summed E-state index contributed by atoms with van der Waals surface area (Å²) in [5.74, 6) is 0.479. The Balaban J connectivity index is 1.95. The van der Waals surface area contributed by atoms with E-state index in [0.717, 1.165) is 17.7 Å². The highest BCUT2D eigenvalue weighted by molar-refractivity contribution is 7.80. The lowest BCUT2D eigenvalue weighted by Crippen LogP contribution is -2.05. The zero-order valence-electron chi connectivity index (χ0n) is 11.8. The first kappa shape index (κ1) is 15.6. The third-order valence-electron chi connectivity index (χ3n) is 3.39. The Morgan fingerprint density at radius 3 is 2.17 bits per heavy atom. The summed E-state index contributed by atoms with van der Waals surface area (Å²) in [5.41, 5.74) is 0.888. The molecular weight excluding hydrogens is 323 g/mol. The van der Waals surface area contributed by atoms with Gasteiger partial charge in [-0.1, -0.05) is 42.5 Å². The van der Waals surface area contributed by atoms with E-state index >= 15 is 0 Å². The lowest BCUT2D eigenvalue weighted by Gasteiger charge is -2.10. The van der Waals surface area contributed by atoms with E-state index in [0.29, 0.717) is 23.1 Å². The molecule has 23 heavy (non-hydrogen) atoms. The van der Waals surface area contributed by atoms with Crippen LogP contribution in [-0.4, -0.2) is 14.8 Å². The summed E-state index contributed by atoms with van der Waals surface area (Å²) in [7, 11) is 0. The summed E-state index contributed by atoms with van der Waals surface area (Å²) in [6.07, 6.45) is -4.36. The van der Waals surface area contributed by atoms with Gasteiger partial charge in [-0.05, 0) is 17.7 Å². The number of hydrogen-bond acceptors (Lipinski definition) is 3. The fraction of sp³-hybridized carbons (Fsp3) is 0.125. The van der Waals surface area contributed by atoms with Crippen LogP contribution in [0.25, 0.3) is 11.4 Å². The maximum absolute atomic E-state index is 12.6. The topological polar surface area (TPSA) is 30.7 Å². The van der Waals surface area contributed by atoms with Gasteiger partial charge in [0.25, 0.3) is 0 Å². The van der Waals surface area contributed by atoms with Crippen molar-refractivity contribution in [2.24, 2.45) is 0 Å². The summed E-state index contributed by atoms with van der Waals surface area (Å²) in [4.78, 5) is 0. The SMILES string of the molecule is FC(F)(F)c1ccc(-c2nnc(S)n2Cc2ccccc2)cc1. The minimum Gasteiger partial charge on any atom is -0.298 e. The van der Waals surface area contributed by atoms with Gasteiger partial charge in [0.05, 0.1) is 12.1 Å². The lowest BCUT2D eigenvalue weighted by atomic mass is 10.1. The van der Waals surface area contributed by atoms with Crippen molar-refractivity contribution in [2.45, 2.75) is 17.9 Å². The Morgan fingerprint density at radius 1 is 0.913 bits per heavy atom. The van der Waals surface area contributed by atoms with E-state index in [-0.39, 0.29) is 0 Å². The predicted octanol–water partition coefficient (Wildman–Crippen LogP) is 4.30. The van der Waals surface area contributed by atoms with Crippen molar-refractivity contribution in [3.8, 4) is 11.4 Å². The highest BCUT2D eigenvalue weighted by atomic mass is 32.1. The maximum atomic E-state index is 12.6. The third-order valence-corrected chi connectivity index (χ3v) is 3.72. The van der Waals surface area contributed by atoms with Gasteiger partial charge in [-0.3, -0.25) is 4.57 Å². The molecular formula is C16H12F3N3S. The zero-order valence-corrected chi connectivity index (χ0v) is 12.7. The van der Waals surface area contributed by atoms with E-state index in [1.807, 2.05) is 30.3 Å². The van der Waals surface area contributed by atoms with E-state index < -0.39 is 11.7 Å². The van der Waals surface area contributed by atoms with Crippen molar-refractivity contribution >= 4 is 12.6 Å². The van der Waals surface area contributed by atoms with Crippen LogP contribution in [0.3, 0.4) is 0 Å². The molecule has 0 bridgehead atoms. The third kappa shape index (κ3) is 3.39. The zero-order chi connectivity index (χ0) is 16.4. The van der Waals surface area contributed by atoms with Crippen LogP contribution in [0, 0.1) is 0 Å². The van der Waals surface area contributed by atoms with Gasteiger partial charge >= 0.3 is 6.18 Å². The maximum Gasteiger partial charge on any atom is 0.416 e. The van der Waals surface area contributed by atoms with Crippen LogP contribution < -0.4 is 0 Å². The van der Waals surface area contributed by atoms with Crippen LogP contribution in [0.2, 0.25) is 0 Å². The summed E-state index contributed by atoms with van der Waals surface area (Å²) in [5, 5.41) is 8.35. The lowest BCUT2D eigenvalue weighted by molar-refractivity contribution is -0.137. The molecule has 2 aromatic carbocycles. The fourth-order valence-corrected chi connectivity index (χ4v) is 2.44. The molecule has 0 unspecified atom stereocenters. The minimum absolute atomic E-state index is 0.406. The summed E-state index contributed by atoms with van der Waals surface area (Å²) in [6.45, 7) is 0.489. The van der Waals surface area contributed by atoms with Crippen LogP contribution in [0.5, 0.6) is 0 Å². The van der Waals surface area contributed by atoms with Gasteiger partial charge in [-0.2, -0.15) is 13.2 Å². The number of hydrogen-bond donors (Lipinski definition) is 1. The Labute approximate surface area is 136 Å². The number of rotatable bonds is 3. The second-order valence-corrected chi connectivity index (χ2v) is 5.37. The second-order valence-electron chi connectivity index (χ2n) is 4.97. The molecule has 0 aliphatic carbocycles. The average Bonchev–Trinajstić information content (AvgIpc) is 2.89. The summed E-state index contributed by atoms with van der Waals surface area (Å²) in [6, 6.07) is 14.5. The molecule has 0 N–H and O–H groups in total. The van der Waals surface area contributed by atoms with E-state index in [9.17, 15) is 13.2 Å². The number of thiol groups is 1. The van der Waals surface area contributed by atoms with Crippen LogP contribution in [0.15, 0.2) is 59.8 Å². The molecule has 3 rings (SSSR count). The second kappa shape index (κ2) is 6.08. The van der Waals surface area contributed by atoms with Crippen molar-refractivity contribution in [2.75, 3.05) is 0 Å². The number of halogens is 3. The van der Waals surface area contributed by atoms with Crippen LogP contribution in [-0.2, 0) is 12.7 Å².